The highest BCUT2D eigenvalue weighted by molar-refractivity contribution is 5.65. The number of hydrogen-bond acceptors (Lipinski definition) is 8. The standard InChI is InChI=1S/C8H16N6O8/c1-3-9(12(16)17)6-10(13(18)19)4-5-11(14(20)21)7-22-8(2)15/h3-7H2,1-2H3. The fourth-order valence-corrected chi connectivity index (χ4v) is 1.25. The summed E-state index contributed by atoms with van der Waals surface area (Å²) in [7, 11) is 0. The SMILES string of the molecule is CCN(CN(CCN(COC(C)=O)[N+](=O)[O-])[N+](=O)[O-])[N+](=O)[O-]. The fraction of sp³-hybridized carbons (Fsp3) is 0.875. The Hall–Kier alpha value is -2.93. The number of esters is 1. The van der Waals surface area contributed by atoms with Crippen molar-refractivity contribution in [3.63, 3.8) is 0 Å². The molecule has 126 valence electrons. The molecule has 0 spiro atoms. The summed E-state index contributed by atoms with van der Waals surface area (Å²) in [6.45, 7) is 0.151. The number of nitro groups is 3. The Bertz CT molecular complexity index is 431. The lowest BCUT2D eigenvalue weighted by Crippen LogP contribution is -2.47. The first-order valence-corrected chi connectivity index (χ1v) is 6.00. The second kappa shape index (κ2) is 9.09. The lowest BCUT2D eigenvalue weighted by atomic mass is 10.6. The van der Waals surface area contributed by atoms with Gasteiger partial charge in [0.2, 0.25) is 13.4 Å². The first kappa shape index (κ1) is 19.1. The molecule has 0 aromatic heterocycles. The molecule has 0 unspecified atom stereocenters. The van der Waals surface area contributed by atoms with Crippen molar-refractivity contribution in [2.45, 2.75) is 13.8 Å². The van der Waals surface area contributed by atoms with Crippen LogP contribution in [-0.4, -0.2) is 69.1 Å². The summed E-state index contributed by atoms with van der Waals surface area (Å²) in [5.41, 5.74) is 0. The zero-order chi connectivity index (χ0) is 17.3. The molecule has 0 saturated heterocycles. The summed E-state index contributed by atoms with van der Waals surface area (Å²) < 4.78 is 4.44. The van der Waals surface area contributed by atoms with Crippen LogP contribution in [0.4, 0.5) is 0 Å². The smallest absolute Gasteiger partial charge is 0.304 e. The largest absolute Gasteiger partial charge is 0.439 e. The molecule has 0 aromatic carbocycles. The molecule has 0 aliphatic heterocycles. The molecule has 0 aliphatic rings. The van der Waals surface area contributed by atoms with Crippen molar-refractivity contribution in [3.05, 3.63) is 30.3 Å². The number of hydrogen-bond donors (Lipinski definition) is 0. The number of carbonyl (C=O) groups excluding carboxylic acids is 1. The van der Waals surface area contributed by atoms with E-state index in [2.05, 4.69) is 4.74 Å². The van der Waals surface area contributed by atoms with E-state index < -0.39 is 47.6 Å². The van der Waals surface area contributed by atoms with Crippen LogP contribution in [0.25, 0.3) is 0 Å². The molecule has 0 saturated carbocycles. The second-order valence-electron chi connectivity index (χ2n) is 3.90. The van der Waals surface area contributed by atoms with Crippen molar-refractivity contribution >= 4 is 5.97 Å². The molecule has 0 atom stereocenters. The molecule has 14 nitrogen and oxygen atoms in total. The van der Waals surface area contributed by atoms with Crippen LogP contribution in [0.1, 0.15) is 13.8 Å². The normalized spacial score (nSPS) is 9.73. The Labute approximate surface area is 124 Å². The highest BCUT2D eigenvalue weighted by Gasteiger charge is 2.26. The Morgan fingerprint density at radius 2 is 1.41 bits per heavy atom. The molecule has 0 aliphatic carbocycles. The summed E-state index contributed by atoms with van der Waals surface area (Å²) in [4.78, 5) is 42.8. The van der Waals surface area contributed by atoms with E-state index in [1.807, 2.05) is 0 Å². The van der Waals surface area contributed by atoms with E-state index in [1.54, 1.807) is 0 Å². The highest BCUT2D eigenvalue weighted by Crippen LogP contribution is 1.98. The van der Waals surface area contributed by atoms with E-state index in [4.69, 9.17) is 0 Å². The van der Waals surface area contributed by atoms with Crippen LogP contribution in [0.15, 0.2) is 0 Å². The minimum atomic E-state index is -0.893. The van der Waals surface area contributed by atoms with Gasteiger partial charge in [-0.15, -0.1) is 10.0 Å². The van der Waals surface area contributed by atoms with Crippen LogP contribution in [0, 0.1) is 30.3 Å². The van der Waals surface area contributed by atoms with Gasteiger partial charge < -0.3 is 4.74 Å². The molecule has 0 aromatic rings. The molecule has 22 heavy (non-hydrogen) atoms. The monoisotopic (exact) mass is 324 g/mol. The van der Waals surface area contributed by atoms with Gasteiger partial charge in [-0.25, -0.2) is 30.3 Å². The van der Waals surface area contributed by atoms with Crippen molar-refractivity contribution in [2.75, 3.05) is 33.0 Å². The molecule has 0 N–H and O–H groups in total. The molecule has 0 bridgehead atoms. The van der Waals surface area contributed by atoms with Gasteiger partial charge in [-0.1, -0.05) is 5.01 Å². The lowest BCUT2D eigenvalue weighted by molar-refractivity contribution is -0.714. The molecular weight excluding hydrogens is 308 g/mol. The van der Waals surface area contributed by atoms with Gasteiger partial charge in [-0.2, -0.15) is 0 Å². The van der Waals surface area contributed by atoms with Gasteiger partial charge in [0.05, 0.1) is 6.54 Å². The second-order valence-corrected chi connectivity index (χ2v) is 3.90. The number of hydrazine groups is 3. The zero-order valence-corrected chi connectivity index (χ0v) is 12.0. The number of rotatable bonds is 11. The first-order chi connectivity index (χ1) is 10.2. The summed E-state index contributed by atoms with van der Waals surface area (Å²) in [6, 6.07) is 0. The van der Waals surface area contributed by atoms with Crippen LogP contribution in [-0.2, 0) is 9.53 Å². The van der Waals surface area contributed by atoms with E-state index in [0.717, 1.165) is 6.92 Å². The Morgan fingerprint density at radius 1 is 0.955 bits per heavy atom. The maximum Gasteiger partial charge on any atom is 0.304 e. The van der Waals surface area contributed by atoms with Gasteiger partial charge in [-0.3, -0.25) is 4.79 Å². The molecule has 0 rings (SSSR count). The molecule has 14 heteroatoms. The fourth-order valence-electron chi connectivity index (χ4n) is 1.25. The minimum Gasteiger partial charge on any atom is -0.439 e. The third kappa shape index (κ3) is 7.01. The van der Waals surface area contributed by atoms with Crippen LogP contribution >= 0.6 is 0 Å². The van der Waals surface area contributed by atoms with Crippen molar-refractivity contribution < 1.29 is 24.6 Å². The molecule has 0 amide bonds. The van der Waals surface area contributed by atoms with Gasteiger partial charge in [-0.05, 0) is 6.92 Å². The predicted molar refractivity (Wildman–Crippen MR) is 68.3 cm³/mol. The first-order valence-electron chi connectivity index (χ1n) is 6.00. The average molecular weight is 324 g/mol. The van der Waals surface area contributed by atoms with Crippen LogP contribution in [0.2, 0.25) is 0 Å². The number of carbonyl (C=O) groups is 1. The Balaban J connectivity index is 4.66. The van der Waals surface area contributed by atoms with Gasteiger partial charge in [0, 0.05) is 6.92 Å². The number of ether oxygens (including phenoxy) is 1. The molecule has 0 heterocycles. The molecular formula is C8H16N6O8. The van der Waals surface area contributed by atoms with Crippen molar-refractivity contribution in [3.8, 4) is 0 Å². The third-order valence-electron chi connectivity index (χ3n) is 2.42. The summed E-state index contributed by atoms with van der Waals surface area (Å²) in [6.07, 6.45) is 0. The van der Waals surface area contributed by atoms with Crippen molar-refractivity contribution in [2.24, 2.45) is 0 Å². The van der Waals surface area contributed by atoms with Crippen LogP contribution < -0.4 is 0 Å². The maximum atomic E-state index is 10.8. The average Bonchev–Trinajstić information content (AvgIpc) is 2.40. The highest BCUT2D eigenvalue weighted by atomic mass is 16.7. The van der Waals surface area contributed by atoms with E-state index in [9.17, 15) is 35.1 Å². The van der Waals surface area contributed by atoms with E-state index >= 15 is 0 Å². The van der Waals surface area contributed by atoms with Gasteiger partial charge in [0.1, 0.15) is 13.1 Å². The Kier molecular flexibility index (Phi) is 7.88. The van der Waals surface area contributed by atoms with Crippen molar-refractivity contribution in [1.82, 2.24) is 15.0 Å². The molecule has 0 fully saturated rings. The van der Waals surface area contributed by atoms with Crippen molar-refractivity contribution in [1.29, 1.82) is 0 Å². The maximum absolute atomic E-state index is 10.8. The molecule has 0 radical (unpaired) electrons. The summed E-state index contributed by atoms with van der Waals surface area (Å²) in [5.74, 6) is -0.747. The predicted octanol–water partition coefficient (Wildman–Crippen LogP) is -1.03. The minimum absolute atomic E-state index is 0.0796. The third-order valence-corrected chi connectivity index (χ3v) is 2.42. The summed E-state index contributed by atoms with van der Waals surface area (Å²) in [5, 5.41) is 31.1. The topological polar surface area (TPSA) is 165 Å². The van der Waals surface area contributed by atoms with Crippen LogP contribution in [0.5, 0.6) is 0 Å². The van der Waals surface area contributed by atoms with E-state index in [-0.39, 0.29) is 6.54 Å². The quantitative estimate of drug-likeness (QED) is 0.197. The van der Waals surface area contributed by atoms with E-state index in [1.165, 1.54) is 6.92 Å². The van der Waals surface area contributed by atoms with Gasteiger partial charge in [0.15, 0.2) is 15.1 Å². The van der Waals surface area contributed by atoms with Gasteiger partial charge in [0.25, 0.3) is 0 Å². The summed E-state index contributed by atoms with van der Waals surface area (Å²) >= 11 is 0. The number of nitrogens with zero attached hydrogens (tertiary/aromatic N) is 6. The van der Waals surface area contributed by atoms with E-state index in [0.29, 0.717) is 15.0 Å². The Morgan fingerprint density at radius 3 is 1.77 bits per heavy atom. The van der Waals surface area contributed by atoms with Crippen LogP contribution in [0.3, 0.4) is 0 Å². The van der Waals surface area contributed by atoms with Gasteiger partial charge >= 0.3 is 5.97 Å². The zero-order valence-electron chi connectivity index (χ0n) is 12.0. The lowest BCUT2D eigenvalue weighted by Gasteiger charge is -2.20.